The van der Waals surface area contributed by atoms with Gasteiger partial charge in [-0.3, -0.25) is 9.78 Å². The molecule has 1 aromatic heterocycles. The predicted octanol–water partition coefficient (Wildman–Crippen LogP) is 2.71. The van der Waals surface area contributed by atoms with Crippen molar-refractivity contribution in [2.45, 2.75) is 58.3 Å². The quantitative estimate of drug-likeness (QED) is 0.832. The van der Waals surface area contributed by atoms with Gasteiger partial charge in [-0.25, -0.2) is 0 Å². The maximum absolute atomic E-state index is 12.1. The molecule has 5 nitrogen and oxygen atoms in total. The molecule has 1 atom stereocenters. The summed E-state index contributed by atoms with van der Waals surface area (Å²) in [4.78, 5) is 18.5. The van der Waals surface area contributed by atoms with Crippen molar-refractivity contribution in [2.24, 2.45) is 5.92 Å². The summed E-state index contributed by atoms with van der Waals surface area (Å²) < 4.78 is 12.1. The van der Waals surface area contributed by atoms with E-state index in [2.05, 4.69) is 18.8 Å². The van der Waals surface area contributed by atoms with Gasteiger partial charge >= 0.3 is 0 Å². The normalized spacial score (nSPS) is 22.7. The number of carbonyl (C=O) groups excluding carboxylic acids is 1. The molecular weight excluding hydrogens is 304 g/mol. The van der Waals surface area contributed by atoms with Crippen LogP contribution < -0.4 is 0 Å². The maximum Gasteiger partial charge on any atom is 0.223 e. The van der Waals surface area contributed by atoms with Crippen molar-refractivity contribution >= 4 is 5.91 Å². The van der Waals surface area contributed by atoms with E-state index in [0.717, 1.165) is 24.2 Å². The second-order valence-corrected chi connectivity index (χ2v) is 7.58. The van der Waals surface area contributed by atoms with Crippen LogP contribution in [-0.2, 0) is 20.9 Å². The van der Waals surface area contributed by atoms with E-state index >= 15 is 0 Å². The molecule has 2 aliphatic rings. The van der Waals surface area contributed by atoms with E-state index in [1.54, 1.807) is 0 Å². The first-order chi connectivity index (χ1) is 11.5. The molecule has 0 bridgehead atoms. The van der Waals surface area contributed by atoms with E-state index in [1.165, 1.54) is 0 Å². The highest BCUT2D eigenvalue weighted by Gasteiger charge is 2.49. The molecule has 5 heteroatoms. The number of nitrogens with zero attached hydrogens (tertiary/aromatic N) is 2. The average molecular weight is 332 g/mol. The fraction of sp³-hybridized carbons (Fsp3) is 0.684. The molecule has 1 amide bonds. The summed E-state index contributed by atoms with van der Waals surface area (Å²) in [6, 6.07) is 6.00. The number of pyridine rings is 1. The van der Waals surface area contributed by atoms with Gasteiger partial charge in [-0.1, -0.05) is 19.9 Å². The third-order valence-corrected chi connectivity index (χ3v) is 4.75. The van der Waals surface area contributed by atoms with Crippen LogP contribution in [0.5, 0.6) is 0 Å². The van der Waals surface area contributed by atoms with Crippen LogP contribution in [0.2, 0.25) is 0 Å². The average Bonchev–Trinajstić information content (AvgIpc) is 2.50. The van der Waals surface area contributed by atoms with Crippen molar-refractivity contribution < 1.29 is 14.3 Å². The number of likely N-dealkylation sites (tertiary alicyclic amines) is 1. The predicted molar refractivity (Wildman–Crippen MR) is 91.5 cm³/mol. The van der Waals surface area contributed by atoms with Crippen LogP contribution in [0.3, 0.4) is 0 Å². The van der Waals surface area contributed by atoms with E-state index < -0.39 is 0 Å². The van der Waals surface area contributed by atoms with E-state index in [1.807, 2.05) is 30.0 Å². The minimum Gasteiger partial charge on any atom is -0.372 e. The molecule has 0 N–H and O–H groups in total. The Morgan fingerprint density at radius 1 is 1.46 bits per heavy atom. The number of amides is 1. The second-order valence-electron chi connectivity index (χ2n) is 7.58. The summed E-state index contributed by atoms with van der Waals surface area (Å²) in [5.41, 5.74) is 1.80. The van der Waals surface area contributed by atoms with E-state index in [-0.39, 0.29) is 17.6 Å². The molecule has 1 aromatic rings. The lowest BCUT2D eigenvalue weighted by atomic mass is 9.84. The molecule has 3 rings (SSSR count). The van der Waals surface area contributed by atoms with Crippen molar-refractivity contribution in [3.63, 3.8) is 0 Å². The number of rotatable bonds is 5. The number of aromatic nitrogens is 1. The van der Waals surface area contributed by atoms with Crippen LogP contribution in [0.1, 0.15) is 44.5 Å². The van der Waals surface area contributed by atoms with Crippen LogP contribution in [-0.4, -0.2) is 47.2 Å². The lowest BCUT2D eigenvalue weighted by molar-refractivity contribution is -0.203. The zero-order valence-corrected chi connectivity index (χ0v) is 15.0. The minimum absolute atomic E-state index is 0.184. The van der Waals surface area contributed by atoms with E-state index in [4.69, 9.17) is 9.47 Å². The SMILES string of the molecule is Cc1cccc(CO[C@H]2CCOC3(C2)CN(C(=O)CC(C)C)C3)n1. The van der Waals surface area contributed by atoms with Gasteiger partial charge in [0.25, 0.3) is 0 Å². The number of aryl methyl sites for hydroxylation is 1. The number of hydrogen-bond acceptors (Lipinski definition) is 4. The fourth-order valence-electron chi connectivity index (χ4n) is 3.53. The Bertz CT molecular complexity index is 582. The third kappa shape index (κ3) is 4.14. The third-order valence-electron chi connectivity index (χ3n) is 4.75. The summed E-state index contributed by atoms with van der Waals surface area (Å²) >= 11 is 0. The Labute approximate surface area is 144 Å². The van der Waals surface area contributed by atoms with Crippen molar-refractivity contribution in [3.8, 4) is 0 Å². The van der Waals surface area contributed by atoms with Crippen LogP contribution in [0, 0.1) is 12.8 Å². The molecular formula is C19H28N2O3. The van der Waals surface area contributed by atoms with Crippen molar-refractivity contribution in [3.05, 3.63) is 29.6 Å². The highest BCUT2D eigenvalue weighted by Crippen LogP contribution is 2.36. The monoisotopic (exact) mass is 332 g/mol. The number of carbonyl (C=O) groups is 1. The van der Waals surface area contributed by atoms with Gasteiger partial charge in [0.15, 0.2) is 0 Å². The van der Waals surface area contributed by atoms with E-state index in [9.17, 15) is 4.79 Å². The summed E-state index contributed by atoms with van der Waals surface area (Å²) in [5.74, 6) is 0.644. The van der Waals surface area contributed by atoms with Crippen molar-refractivity contribution in [2.75, 3.05) is 19.7 Å². The summed E-state index contributed by atoms with van der Waals surface area (Å²) in [6.45, 7) is 8.81. The Morgan fingerprint density at radius 2 is 2.25 bits per heavy atom. The van der Waals surface area contributed by atoms with Crippen LogP contribution in [0.25, 0.3) is 0 Å². The maximum atomic E-state index is 12.1. The van der Waals surface area contributed by atoms with Gasteiger partial charge < -0.3 is 14.4 Å². The minimum atomic E-state index is -0.185. The molecule has 132 valence electrons. The van der Waals surface area contributed by atoms with Gasteiger partial charge in [0, 0.05) is 25.1 Å². The van der Waals surface area contributed by atoms with Crippen LogP contribution in [0.4, 0.5) is 0 Å². The summed E-state index contributed by atoms with van der Waals surface area (Å²) in [7, 11) is 0. The molecule has 2 aliphatic heterocycles. The molecule has 3 heterocycles. The van der Waals surface area contributed by atoms with Crippen molar-refractivity contribution in [1.82, 2.24) is 9.88 Å². The van der Waals surface area contributed by atoms with Gasteiger partial charge in [-0.2, -0.15) is 0 Å². The molecule has 0 saturated carbocycles. The molecule has 24 heavy (non-hydrogen) atoms. The zero-order valence-electron chi connectivity index (χ0n) is 15.0. The summed E-state index contributed by atoms with van der Waals surface area (Å²) in [6.07, 6.45) is 2.58. The smallest absolute Gasteiger partial charge is 0.223 e. The first kappa shape index (κ1) is 17.4. The molecule has 2 fully saturated rings. The topological polar surface area (TPSA) is 51.7 Å². The van der Waals surface area contributed by atoms with Gasteiger partial charge in [0.05, 0.1) is 31.5 Å². The first-order valence-electron chi connectivity index (χ1n) is 8.92. The number of hydrogen-bond donors (Lipinski definition) is 0. The van der Waals surface area contributed by atoms with Gasteiger partial charge in [-0.05, 0) is 31.4 Å². The fourth-order valence-corrected chi connectivity index (χ4v) is 3.53. The Kier molecular flexibility index (Phi) is 5.21. The van der Waals surface area contributed by atoms with Crippen molar-refractivity contribution in [1.29, 1.82) is 0 Å². The van der Waals surface area contributed by atoms with Gasteiger partial charge in [-0.15, -0.1) is 0 Å². The second kappa shape index (κ2) is 7.19. The highest BCUT2D eigenvalue weighted by molar-refractivity contribution is 5.77. The first-order valence-corrected chi connectivity index (χ1v) is 8.92. The lowest BCUT2D eigenvalue weighted by Gasteiger charge is -2.53. The Balaban J connectivity index is 1.48. The number of ether oxygens (including phenoxy) is 2. The molecule has 0 unspecified atom stereocenters. The standard InChI is InChI=1S/C19H28N2O3/c1-14(2)9-18(22)21-12-19(13-21)10-17(7-8-24-19)23-11-16-6-4-5-15(3)20-16/h4-6,14,17H,7-13H2,1-3H3/t17-/m0/s1. The molecule has 0 radical (unpaired) electrons. The lowest BCUT2D eigenvalue weighted by Crippen LogP contribution is -2.67. The van der Waals surface area contributed by atoms with Crippen LogP contribution in [0.15, 0.2) is 18.2 Å². The summed E-state index contributed by atoms with van der Waals surface area (Å²) in [5, 5.41) is 0. The van der Waals surface area contributed by atoms with Crippen LogP contribution >= 0.6 is 0 Å². The highest BCUT2D eigenvalue weighted by atomic mass is 16.5. The van der Waals surface area contributed by atoms with Gasteiger partial charge in [0.1, 0.15) is 5.60 Å². The Hall–Kier alpha value is -1.46. The Morgan fingerprint density at radius 3 is 2.96 bits per heavy atom. The largest absolute Gasteiger partial charge is 0.372 e. The molecule has 2 saturated heterocycles. The molecule has 1 spiro atoms. The molecule has 0 aromatic carbocycles. The van der Waals surface area contributed by atoms with Gasteiger partial charge in [0.2, 0.25) is 5.91 Å². The van der Waals surface area contributed by atoms with E-state index in [0.29, 0.717) is 38.6 Å². The molecule has 0 aliphatic carbocycles. The zero-order chi connectivity index (χ0) is 17.2.